The summed E-state index contributed by atoms with van der Waals surface area (Å²) in [6.45, 7) is 2.85. The molecule has 1 heterocycles. The number of aliphatic carboxylic acids is 1. The van der Waals surface area contributed by atoms with Crippen LogP contribution in [0.4, 0.5) is 0 Å². The molecule has 0 radical (unpaired) electrons. The minimum Gasteiger partial charge on any atom is -0.481 e. The number of benzene rings is 1. The van der Waals surface area contributed by atoms with Crippen molar-refractivity contribution in [3.8, 4) is 0 Å². The molecule has 1 aromatic carbocycles. The number of aliphatic hydroxyl groups is 1. The molecule has 0 unspecified atom stereocenters. The predicted octanol–water partition coefficient (Wildman–Crippen LogP) is 4.38. The fourth-order valence-corrected chi connectivity index (χ4v) is 4.98. The monoisotopic (exact) mass is 435 g/mol. The van der Waals surface area contributed by atoms with E-state index in [1.807, 2.05) is 11.0 Å². The van der Waals surface area contributed by atoms with Crippen LogP contribution in [0.15, 0.2) is 30.3 Å². The second-order valence-corrected chi connectivity index (χ2v) is 9.61. The van der Waals surface area contributed by atoms with Crippen LogP contribution in [-0.4, -0.2) is 57.2 Å². The van der Waals surface area contributed by atoms with Crippen molar-refractivity contribution in [2.45, 2.75) is 76.9 Å². The molecule has 0 spiro atoms. The molecule has 30 heavy (non-hydrogen) atoms. The first kappa shape index (κ1) is 24.7. The van der Waals surface area contributed by atoms with Crippen LogP contribution >= 0.6 is 11.8 Å². The van der Waals surface area contributed by atoms with E-state index in [0.717, 1.165) is 56.6 Å². The van der Waals surface area contributed by atoms with Crippen molar-refractivity contribution in [3.63, 3.8) is 0 Å². The van der Waals surface area contributed by atoms with Gasteiger partial charge >= 0.3 is 5.97 Å². The first-order chi connectivity index (χ1) is 14.5. The molecule has 1 aliphatic rings. The smallest absolute Gasteiger partial charge is 0.303 e. The van der Waals surface area contributed by atoms with E-state index in [0.29, 0.717) is 12.8 Å². The maximum atomic E-state index is 12.2. The van der Waals surface area contributed by atoms with Gasteiger partial charge in [0.2, 0.25) is 5.91 Å². The molecule has 6 heteroatoms. The van der Waals surface area contributed by atoms with Crippen molar-refractivity contribution in [1.82, 2.24) is 4.90 Å². The van der Waals surface area contributed by atoms with Crippen molar-refractivity contribution >= 4 is 23.6 Å². The molecule has 1 amide bonds. The average molecular weight is 436 g/mol. The third-order valence-corrected chi connectivity index (χ3v) is 7.08. The van der Waals surface area contributed by atoms with Gasteiger partial charge in [-0.05, 0) is 62.2 Å². The van der Waals surface area contributed by atoms with Crippen LogP contribution in [0.25, 0.3) is 0 Å². The highest BCUT2D eigenvalue weighted by atomic mass is 32.2. The highest BCUT2D eigenvalue weighted by Crippen LogP contribution is 2.26. The number of thioether (sulfide) groups is 1. The van der Waals surface area contributed by atoms with E-state index < -0.39 is 5.97 Å². The molecule has 0 aliphatic carbocycles. The summed E-state index contributed by atoms with van der Waals surface area (Å²) >= 11 is 1.72. The van der Waals surface area contributed by atoms with Crippen molar-refractivity contribution < 1.29 is 19.8 Å². The third kappa shape index (κ3) is 9.09. The van der Waals surface area contributed by atoms with E-state index in [-0.39, 0.29) is 30.4 Å². The number of aryl methyl sites for hydroxylation is 1. The van der Waals surface area contributed by atoms with Gasteiger partial charge in [-0.2, -0.15) is 11.8 Å². The van der Waals surface area contributed by atoms with Gasteiger partial charge in [-0.3, -0.25) is 9.59 Å². The number of hydrogen-bond acceptors (Lipinski definition) is 4. The SMILES string of the molecule is C[C@@H](CCCc1ccccc1)[C@H](O)CC[C@H]1CCC(=O)N1CCSCCCC(=O)O. The molecule has 2 rings (SSSR count). The molecular formula is C24H37NO4S. The quantitative estimate of drug-likeness (QED) is 0.400. The molecule has 0 bridgehead atoms. The van der Waals surface area contributed by atoms with E-state index in [1.165, 1.54) is 5.56 Å². The lowest BCUT2D eigenvalue weighted by Crippen LogP contribution is -2.35. The Hall–Kier alpha value is -1.53. The van der Waals surface area contributed by atoms with Crippen molar-refractivity contribution in [1.29, 1.82) is 0 Å². The fourth-order valence-electron chi connectivity index (χ4n) is 4.10. The summed E-state index contributed by atoms with van der Waals surface area (Å²) in [6.07, 6.45) is 6.80. The number of carbonyl (C=O) groups excluding carboxylic acids is 1. The van der Waals surface area contributed by atoms with Gasteiger partial charge in [0.1, 0.15) is 0 Å². The Morgan fingerprint density at radius 1 is 1.20 bits per heavy atom. The molecule has 3 atom stereocenters. The molecule has 1 fully saturated rings. The lowest BCUT2D eigenvalue weighted by atomic mass is 9.92. The van der Waals surface area contributed by atoms with Gasteiger partial charge < -0.3 is 15.1 Å². The number of amides is 1. The minimum atomic E-state index is -0.752. The van der Waals surface area contributed by atoms with Gasteiger partial charge in [-0.1, -0.05) is 37.3 Å². The van der Waals surface area contributed by atoms with E-state index in [1.54, 1.807) is 11.8 Å². The number of carboxylic acids is 1. The van der Waals surface area contributed by atoms with E-state index in [2.05, 4.69) is 31.2 Å². The Morgan fingerprint density at radius 3 is 2.70 bits per heavy atom. The van der Waals surface area contributed by atoms with Crippen LogP contribution in [0, 0.1) is 5.92 Å². The average Bonchev–Trinajstić information content (AvgIpc) is 3.08. The van der Waals surface area contributed by atoms with Crippen LogP contribution in [-0.2, 0) is 16.0 Å². The maximum absolute atomic E-state index is 12.2. The van der Waals surface area contributed by atoms with Gasteiger partial charge in [-0.25, -0.2) is 0 Å². The van der Waals surface area contributed by atoms with Crippen LogP contribution in [0.1, 0.15) is 63.9 Å². The normalized spacial score (nSPS) is 18.5. The zero-order valence-electron chi connectivity index (χ0n) is 18.2. The Labute approximate surface area is 185 Å². The zero-order valence-corrected chi connectivity index (χ0v) is 19.0. The lowest BCUT2D eigenvalue weighted by molar-refractivity contribution is -0.137. The Kier molecular flexibility index (Phi) is 11.3. The van der Waals surface area contributed by atoms with Crippen LogP contribution in [0.2, 0.25) is 0 Å². The summed E-state index contributed by atoms with van der Waals surface area (Å²) in [5.41, 5.74) is 1.35. The summed E-state index contributed by atoms with van der Waals surface area (Å²) in [6, 6.07) is 10.7. The molecule has 0 saturated carbocycles. The number of rotatable bonds is 15. The van der Waals surface area contributed by atoms with Crippen LogP contribution in [0.5, 0.6) is 0 Å². The summed E-state index contributed by atoms with van der Waals surface area (Å²) in [5.74, 6) is 1.40. The molecule has 168 valence electrons. The molecular weight excluding hydrogens is 398 g/mol. The summed E-state index contributed by atoms with van der Waals surface area (Å²) < 4.78 is 0. The molecule has 1 aromatic rings. The highest BCUT2D eigenvalue weighted by Gasteiger charge is 2.31. The van der Waals surface area contributed by atoms with Gasteiger partial charge in [0.05, 0.1) is 6.10 Å². The number of carboxylic acid groups (broad SMARTS) is 1. The fraction of sp³-hybridized carbons (Fsp3) is 0.667. The summed E-state index contributed by atoms with van der Waals surface area (Å²) in [7, 11) is 0. The summed E-state index contributed by atoms with van der Waals surface area (Å²) in [4.78, 5) is 24.8. The molecule has 1 saturated heterocycles. The second-order valence-electron chi connectivity index (χ2n) is 8.39. The lowest BCUT2D eigenvalue weighted by Gasteiger charge is -2.27. The van der Waals surface area contributed by atoms with Gasteiger partial charge in [0.15, 0.2) is 0 Å². The summed E-state index contributed by atoms with van der Waals surface area (Å²) in [5, 5.41) is 19.3. The van der Waals surface area contributed by atoms with Crippen molar-refractivity contribution in [2.75, 3.05) is 18.1 Å². The van der Waals surface area contributed by atoms with E-state index in [4.69, 9.17) is 5.11 Å². The van der Waals surface area contributed by atoms with Crippen LogP contribution in [0.3, 0.4) is 0 Å². The number of hydrogen-bond donors (Lipinski definition) is 2. The van der Waals surface area contributed by atoms with E-state index in [9.17, 15) is 14.7 Å². The Bertz CT molecular complexity index is 639. The van der Waals surface area contributed by atoms with E-state index >= 15 is 0 Å². The predicted molar refractivity (Wildman–Crippen MR) is 123 cm³/mol. The zero-order chi connectivity index (χ0) is 21.8. The molecule has 5 nitrogen and oxygen atoms in total. The van der Waals surface area contributed by atoms with Crippen molar-refractivity contribution in [2.24, 2.45) is 5.92 Å². The highest BCUT2D eigenvalue weighted by molar-refractivity contribution is 7.99. The Morgan fingerprint density at radius 2 is 1.97 bits per heavy atom. The largest absolute Gasteiger partial charge is 0.481 e. The first-order valence-electron chi connectivity index (χ1n) is 11.3. The molecule has 0 aromatic heterocycles. The van der Waals surface area contributed by atoms with Crippen molar-refractivity contribution in [3.05, 3.63) is 35.9 Å². The first-order valence-corrected chi connectivity index (χ1v) is 12.4. The molecule has 2 N–H and O–H groups in total. The van der Waals surface area contributed by atoms with Gasteiger partial charge in [0, 0.05) is 31.2 Å². The standard InChI is InChI=1S/C24H37NO4S/c1-19(7-5-10-20-8-3-2-4-9-20)22(26)14-12-21-13-15-23(27)25(21)16-18-30-17-6-11-24(28)29/h2-4,8-9,19,21-22,26H,5-7,10-18H2,1H3,(H,28,29)/t19-,21-,22+/m0/s1. The topological polar surface area (TPSA) is 77.8 Å². The maximum Gasteiger partial charge on any atom is 0.303 e. The van der Waals surface area contributed by atoms with Crippen LogP contribution < -0.4 is 0 Å². The number of nitrogens with zero attached hydrogens (tertiary/aromatic N) is 1. The number of carbonyl (C=O) groups is 2. The molecule has 1 aliphatic heterocycles. The third-order valence-electron chi connectivity index (χ3n) is 6.03. The second kappa shape index (κ2) is 13.7. The minimum absolute atomic E-state index is 0.208. The van der Waals surface area contributed by atoms with Gasteiger partial charge in [-0.15, -0.1) is 0 Å². The number of aliphatic hydroxyl groups excluding tert-OH is 1. The number of likely N-dealkylation sites (tertiary alicyclic amines) is 1. The van der Waals surface area contributed by atoms with Gasteiger partial charge in [0.25, 0.3) is 0 Å². The Balaban J connectivity index is 1.63.